The summed E-state index contributed by atoms with van der Waals surface area (Å²) in [7, 11) is 2.14. The maximum absolute atomic E-state index is 4.66. The summed E-state index contributed by atoms with van der Waals surface area (Å²) in [6.45, 7) is 4.57. The van der Waals surface area contributed by atoms with Crippen molar-refractivity contribution in [3.8, 4) is 0 Å². The number of para-hydroxylation sites is 2. The molecule has 0 spiro atoms. The molecule has 0 amide bonds. The molecule has 0 atom stereocenters. The molecule has 3 aromatic rings. The first-order valence-electron chi connectivity index (χ1n) is 8.15. The predicted molar refractivity (Wildman–Crippen MR) is 105 cm³/mol. The van der Waals surface area contributed by atoms with Gasteiger partial charge in [0.05, 0.1) is 10.2 Å². The summed E-state index contributed by atoms with van der Waals surface area (Å²) in [5, 5.41) is 1.05. The van der Waals surface area contributed by atoms with Gasteiger partial charge in [0.2, 0.25) is 0 Å². The average Bonchev–Trinajstić information content (AvgIpc) is 3.07. The summed E-state index contributed by atoms with van der Waals surface area (Å²) in [5.74, 6) is 0. The maximum atomic E-state index is 4.66. The van der Waals surface area contributed by atoms with Crippen molar-refractivity contribution in [1.29, 1.82) is 0 Å². The van der Waals surface area contributed by atoms with Gasteiger partial charge in [-0.3, -0.25) is 0 Å². The summed E-state index contributed by atoms with van der Waals surface area (Å²) in [6, 6.07) is 16.9. The van der Waals surface area contributed by atoms with Gasteiger partial charge >= 0.3 is 0 Å². The standard InChI is InChI=1S/C21H20N2S/c1-21(2)15-9-4-6-11-17(15)23(3)19(21)13-8-14-20-22-16-10-5-7-12-18(16)24-20/h4-14H,1-3H3. The molecule has 3 heteroatoms. The highest BCUT2D eigenvalue weighted by atomic mass is 32.1. The number of fused-ring (bicyclic) bond motifs is 2. The Bertz CT molecular complexity index is 930. The van der Waals surface area contributed by atoms with Crippen LogP contribution in [0.15, 0.2) is 66.4 Å². The van der Waals surface area contributed by atoms with E-state index in [4.69, 9.17) is 0 Å². The molecule has 0 unspecified atom stereocenters. The van der Waals surface area contributed by atoms with E-state index < -0.39 is 0 Å². The van der Waals surface area contributed by atoms with Crippen LogP contribution in [0, 0.1) is 0 Å². The molecule has 2 heterocycles. The lowest BCUT2D eigenvalue weighted by atomic mass is 9.84. The van der Waals surface area contributed by atoms with E-state index in [1.165, 1.54) is 21.6 Å². The number of rotatable bonds is 2. The van der Waals surface area contributed by atoms with Crippen molar-refractivity contribution in [3.63, 3.8) is 0 Å². The molecular formula is C21H20N2S. The van der Waals surface area contributed by atoms with Crippen LogP contribution in [0.25, 0.3) is 16.3 Å². The number of anilines is 1. The molecular weight excluding hydrogens is 312 g/mol. The zero-order chi connectivity index (χ0) is 16.7. The Labute approximate surface area is 146 Å². The van der Waals surface area contributed by atoms with Crippen LogP contribution in [-0.2, 0) is 5.41 Å². The lowest BCUT2D eigenvalue weighted by Gasteiger charge is -2.23. The second kappa shape index (κ2) is 5.60. The lowest BCUT2D eigenvalue weighted by molar-refractivity contribution is 0.640. The monoisotopic (exact) mass is 332 g/mol. The van der Waals surface area contributed by atoms with E-state index >= 15 is 0 Å². The maximum Gasteiger partial charge on any atom is 0.117 e. The van der Waals surface area contributed by atoms with E-state index in [-0.39, 0.29) is 5.41 Å². The molecule has 2 aromatic carbocycles. The number of benzene rings is 2. The lowest BCUT2D eigenvalue weighted by Crippen LogP contribution is -2.22. The molecule has 0 bridgehead atoms. The minimum atomic E-state index is 0.0171. The smallest absolute Gasteiger partial charge is 0.117 e. The summed E-state index contributed by atoms with van der Waals surface area (Å²) in [4.78, 5) is 6.95. The molecule has 24 heavy (non-hydrogen) atoms. The Kier molecular flexibility index (Phi) is 3.54. The van der Waals surface area contributed by atoms with Crippen LogP contribution in [0.4, 0.5) is 5.69 Å². The Hall–Kier alpha value is -2.39. The van der Waals surface area contributed by atoms with E-state index in [1.807, 2.05) is 6.07 Å². The first kappa shape index (κ1) is 15.2. The van der Waals surface area contributed by atoms with E-state index in [0.717, 1.165) is 10.5 Å². The van der Waals surface area contributed by atoms with Gasteiger partial charge in [0, 0.05) is 23.8 Å². The van der Waals surface area contributed by atoms with Crippen LogP contribution in [-0.4, -0.2) is 12.0 Å². The average molecular weight is 332 g/mol. The van der Waals surface area contributed by atoms with Gasteiger partial charge in [-0.2, -0.15) is 0 Å². The van der Waals surface area contributed by atoms with Crippen molar-refractivity contribution < 1.29 is 0 Å². The second-order valence-electron chi connectivity index (χ2n) is 6.63. The van der Waals surface area contributed by atoms with Gasteiger partial charge in [-0.25, -0.2) is 4.98 Å². The number of thiazole rings is 1. The highest BCUT2D eigenvalue weighted by molar-refractivity contribution is 7.19. The summed E-state index contributed by atoms with van der Waals surface area (Å²) in [5.41, 5.74) is 5.07. The van der Waals surface area contributed by atoms with Crippen LogP contribution in [0.5, 0.6) is 0 Å². The molecule has 0 N–H and O–H groups in total. The minimum absolute atomic E-state index is 0.0171. The summed E-state index contributed by atoms with van der Waals surface area (Å²) < 4.78 is 1.23. The minimum Gasteiger partial charge on any atom is -0.347 e. The van der Waals surface area contributed by atoms with Gasteiger partial charge in [-0.05, 0) is 35.9 Å². The molecule has 0 fully saturated rings. The molecule has 0 radical (unpaired) electrons. The van der Waals surface area contributed by atoms with Crippen LogP contribution in [0.2, 0.25) is 0 Å². The largest absolute Gasteiger partial charge is 0.347 e. The Morgan fingerprint density at radius 3 is 2.58 bits per heavy atom. The third-order valence-electron chi connectivity index (χ3n) is 4.74. The fourth-order valence-corrected chi connectivity index (χ4v) is 4.37. The molecule has 0 saturated heterocycles. The Morgan fingerprint density at radius 1 is 1.04 bits per heavy atom. The molecule has 1 aliphatic heterocycles. The normalized spacial score (nSPS) is 18.0. The highest BCUT2D eigenvalue weighted by Gasteiger charge is 2.37. The molecule has 4 rings (SSSR count). The van der Waals surface area contributed by atoms with Crippen molar-refractivity contribution in [2.75, 3.05) is 11.9 Å². The summed E-state index contributed by atoms with van der Waals surface area (Å²) >= 11 is 1.73. The quantitative estimate of drug-likeness (QED) is 0.605. The van der Waals surface area contributed by atoms with Crippen LogP contribution >= 0.6 is 11.3 Å². The van der Waals surface area contributed by atoms with E-state index in [2.05, 4.69) is 91.5 Å². The fourth-order valence-electron chi connectivity index (χ4n) is 3.48. The van der Waals surface area contributed by atoms with Gasteiger partial charge in [0.1, 0.15) is 5.01 Å². The molecule has 0 aliphatic carbocycles. The van der Waals surface area contributed by atoms with E-state index in [9.17, 15) is 0 Å². The van der Waals surface area contributed by atoms with Crippen LogP contribution in [0.3, 0.4) is 0 Å². The topological polar surface area (TPSA) is 16.1 Å². The summed E-state index contributed by atoms with van der Waals surface area (Å²) in [6.07, 6.45) is 6.44. The van der Waals surface area contributed by atoms with Crippen molar-refractivity contribution in [2.45, 2.75) is 19.3 Å². The van der Waals surface area contributed by atoms with Gasteiger partial charge in [-0.15, -0.1) is 11.3 Å². The van der Waals surface area contributed by atoms with Crippen molar-refractivity contribution >= 4 is 33.3 Å². The van der Waals surface area contributed by atoms with Gasteiger partial charge < -0.3 is 4.90 Å². The molecule has 120 valence electrons. The van der Waals surface area contributed by atoms with E-state index in [0.29, 0.717) is 0 Å². The Morgan fingerprint density at radius 2 is 1.79 bits per heavy atom. The molecule has 1 aromatic heterocycles. The van der Waals surface area contributed by atoms with Gasteiger partial charge in [0.15, 0.2) is 0 Å². The van der Waals surface area contributed by atoms with Crippen molar-refractivity contribution in [2.24, 2.45) is 0 Å². The highest BCUT2D eigenvalue weighted by Crippen LogP contribution is 2.46. The second-order valence-corrected chi connectivity index (χ2v) is 7.69. The zero-order valence-corrected chi connectivity index (χ0v) is 15.0. The Balaban J connectivity index is 1.66. The predicted octanol–water partition coefficient (Wildman–Crippen LogP) is 5.62. The third-order valence-corrected chi connectivity index (χ3v) is 5.75. The molecule has 0 saturated carbocycles. The van der Waals surface area contributed by atoms with Crippen LogP contribution < -0.4 is 4.90 Å². The number of likely N-dealkylation sites (N-methyl/N-ethyl adjacent to an activating group) is 1. The van der Waals surface area contributed by atoms with E-state index in [1.54, 1.807) is 11.3 Å². The number of hydrogen-bond acceptors (Lipinski definition) is 3. The van der Waals surface area contributed by atoms with Crippen molar-refractivity contribution in [3.05, 3.63) is 77.0 Å². The zero-order valence-electron chi connectivity index (χ0n) is 14.2. The first-order chi connectivity index (χ1) is 11.6. The van der Waals surface area contributed by atoms with Gasteiger partial charge in [-0.1, -0.05) is 50.3 Å². The number of aromatic nitrogens is 1. The SMILES string of the molecule is CN1C(=CC=Cc2nc3ccccc3s2)C(C)(C)c2ccccc21. The third kappa shape index (κ3) is 2.36. The van der Waals surface area contributed by atoms with Gasteiger partial charge in [0.25, 0.3) is 0 Å². The molecule has 1 aliphatic rings. The fraction of sp³-hybridized carbons (Fsp3) is 0.190. The molecule has 2 nitrogen and oxygen atoms in total. The number of allylic oxidation sites excluding steroid dienone is 3. The number of nitrogens with zero attached hydrogens (tertiary/aromatic N) is 2. The number of hydrogen-bond donors (Lipinski definition) is 0. The van der Waals surface area contributed by atoms with Crippen molar-refractivity contribution in [1.82, 2.24) is 4.98 Å². The van der Waals surface area contributed by atoms with Crippen LogP contribution in [0.1, 0.15) is 24.4 Å². The first-order valence-corrected chi connectivity index (χ1v) is 8.97.